The van der Waals surface area contributed by atoms with Crippen molar-refractivity contribution >= 4 is 0 Å². The molecule has 1 aliphatic heterocycles. The minimum Gasteiger partial charge on any atom is -0.376 e. The van der Waals surface area contributed by atoms with E-state index in [1.54, 1.807) is 0 Å². The van der Waals surface area contributed by atoms with E-state index in [9.17, 15) is 0 Å². The minimum absolute atomic E-state index is 0.360. The Morgan fingerprint density at radius 3 is 2.71 bits per heavy atom. The zero-order chi connectivity index (χ0) is 10.2. The van der Waals surface area contributed by atoms with Gasteiger partial charge in [-0.1, -0.05) is 0 Å². The number of nitrogens with zero attached hydrogens (tertiary/aromatic N) is 1. The molecule has 1 N–H and O–H groups in total. The van der Waals surface area contributed by atoms with Gasteiger partial charge in [-0.25, -0.2) is 0 Å². The normalized spacial score (nSPS) is 17.4. The van der Waals surface area contributed by atoms with Crippen LogP contribution in [0.1, 0.15) is 6.42 Å². The van der Waals surface area contributed by atoms with E-state index in [0.29, 0.717) is 6.10 Å². The molecule has 0 spiro atoms. The van der Waals surface area contributed by atoms with Crippen molar-refractivity contribution in [3.8, 4) is 0 Å². The van der Waals surface area contributed by atoms with Crippen molar-refractivity contribution in [2.24, 2.45) is 0 Å². The average molecular weight is 202 g/mol. The van der Waals surface area contributed by atoms with Crippen LogP contribution in [0.5, 0.6) is 0 Å². The highest BCUT2D eigenvalue weighted by molar-refractivity contribution is 4.64. The molecule has 0 aliphatic carbocycles. The van der Waals surface area contributed by atoms with Gasteiger partial charge >= 0.3 is 0 Å². The second-order valence-electron chi connectivity index (χ2n) is 3.94. The summed E-state index contributed by atoms with van der Waals surface area (Å²) in [7, 11) is 4.19. The Balaban J connectivity index is 1.71. The third-order valence-corrected chi connectivity index (χ3v) is 2.20. The molecule has 4 heteroatoms. The average Bonchev–Trinajstić information content (AvgIpc) is 2.06. The molecule has 84 valence electrons. The maximum absolute atomic E-state index is 5.51. The molecule has 14 heavy (non-hydrogen) atoms. The summed E-state index contributed by atoms with van der Waals surface area (Å²) >= 11 is 0. The zero-order valence-electron chi connectivity index (χ0n) is 9.29. The van der Waals surface area contributed by atoms with E-state index in [1.165, 1.54) is 6.42 Å². The predicted octanol–water partition coefficient (Wildman–Crippen LogP) is -0.0569. The van der Waals surface area contributed by atoms with Crippen molar-refractivity contribution in [2.75, 3.05) is 53.6 Å². The molecule has 0 aromatic heterocycles. The van der Waals surface area contributed by atoms with Crippen LogP contribution in [0.3, 0.4) is 0 Å². The van der Waals surface area contributed by atoms with Crippen LogP contribution < -0.4 is 5.32 Å². The van der Waals surface area contributed by atoms with Crippen LogP contribution in [0.2, 0.25) is 0 Å². The van der Waals surface area contributed by atoms with E-state index >= 15 is 0 Å². The standard InChI is InChI=1S/C10H22N2O2/c1-12(2)6-3-4-11-5-7-14-10-8-13-9-10/h10-11H,3-9H2,1-2H3. The predicted molar refractivity (Wildman–Crippen MR) is 56.6 cm³/mol. The van der Waals surface area contributed by atoms with Crippen molar-refractivity contribution in [3.63, 3.8) is 0 Å². The molecule has 0 aromatic rings. The topological polar surface area (TPSA) is 33.7 Å². The van der Waals surface area contributed by atoms with Crippen LogP contribution in [0.15, 0.2) is 0 Å². The fraction of sp³-hybridized carbons (Fsp3) is 1.00. The van der Waals surface area contributed by atoms with Gasteiger partial charge in [-0.3, -0.25) is 0 Å². The zero-order valence-corrected chi connectivity index (χ0v) is 9.29. The van der Waals surface area contributed by atoms with Crippen LogP contribution in [-0.4, -0.2) is 64.6 Å². The number of nitrogens with one attached hydrogen (secondary N) is 1. The van der Waals surface area contributed by atoms with Gasteiger partial charge < -0.3 is 19.7 Å². The van der Waals surface area contributed by atoms with Gasteiger partial charge in [0.25, 0.3) is 0 Å². The van der Waals surface area contributed by atoms with Gasteiger partial charge in [0.2, 0.25) is 0 Å². The van der Waals surface area contributed by atoms with Crippen molar-refractivity contribution < 1.29 is 9.47 Å². The number of rotatable bonds is 8. The minimum atomic E-state index is 0.360. The Morgan fingerprint density at radius 1 is 1.36 bits per heavy atom. The van der Waals surface area contributed by atoms with Crippen LogP contribution in [0.25, 0.3) is 0 Å². The van der Waals surface area contributed by atoms with Crippen molar-refractivity contribution in [2.45, 2.75) is 12.5 Å². The lowest BCUT2D eigenvalue weighted by Gasteiger charge is -2.25. The fourth-order valence-electron chi connectivity index (χ4n) is 1.25. The summed E-state index contributed by atoms with van der Waals surface area (Å²) in [5.41, 5.74) is 0. The molecule has 0 amide bonds. The summed E-state index contributed by atoms with van der Waals surface area (Å²) in [5, 5.41) is 3.35. The van der Waals surface area contributed by atoms with E-state index in [1.807, 2.05) is 0 Å². The number of hydrogen-bond acceptors (Lipinski definition) is 4. The molecule has 0 atom stereocenters. The summed E-state index contributed by atoms with van der Waals surface area (Å²) in [6, 6.07) is 0. The largest absolute Gasteiger partial charge is 0.376 e. The SMILES string of the molecule is CN(C)CCCNCCOC1COC1. The molecule has 4 nitrogen and oxygen atoms in total. The molecule has 1 heterocycles. The van der Waals surface area contributed by atoms with E-state index < -0.39 is 0 Å². The van der Waals surface area contributed by atoms with Gasteiger partial charge in [0.05, 0.1) is 19.8 Å². The Bertz CT molecular complexity index is 138. The summed E-state index contributed by atoms with van der Waals surface area (Å²) in [6.07, 6.45) is 1.55. The molecule has 1 aliphatic rings. The number of hydrogen-bond donors (Lipinski definition) is 1. The van der Waals surface area contributed by atoms with Crippen molar-refractivity contribution in [1.29, 1.82) is 0 Å². The van der Waals surface area contributed by atoms with Crippen LogP contribution >= 0.6 is 0 Å². The highest BCUT2D eigenvalue weighted by Gasteiger charge is 2.17. The first-order valence-electron chi connectivity index (χ1n) is 5.34. The molecule has 0 unspecified atom stereocenters. The van der Waals surface area contributed by atoms with Crippen molar-refractivity contribution in [3.05, 3.63) is 0 Å². The first kappa shape index (κ1) is 11.9. The van der Waals surface area contributed by atoms with Gasteiger partial charge in [0.1, 0.15) is 6.10 Å². The molecule has 0 bridgehead atoms. The van der Waals surface area contributed by atoms with Crippen LogP contribution in [0.4, 0.5) is 0 Å². The molecular weight excluding hydrogens is 180 g/mol. The molecule has 0 radical (unpaired) electrons. The van der Waals surface area contributed by atoms with E-state index in [0.717, 1.165) is 39.5 Å². The van der Waals surface area contributed by atoms with Crippen LogP contribution in [0, 0.1) is 0 Å². The second kappa shape index (κ2) is 7.17. The Morgan fingerprint density at radius 2 is 2.14 bits per heavy atom. The third-order valence-electron chi connectivity index (χ3n) is 2.20. The highest BCUT2D eigenvalue weighted by Crippen LogP contribution is 2.03. The summed E-state index contributed by atoms with van der Waals surface area (Å²) in [6.45, 7) is 5.52. The second-order valence-corrected chi connectivity index (χ2v) is 3.94. The van der Waals surface area contributed by atoms with Crippen LogP contribution in [-0.2, 0) is 9.47 Å². The highest BCUT2D eigenvalue weighted by atomic mass is 16.6. The van der Waals surface area contributed by atoms with Gasteiger partial charge in [0.15, 0.2) is 0 Å². The lowest BCUT2D eigenvalue weighted by Crippen LogP contribution is -2.37. The van der Waals surface area contributed by atoms with Gasteiger partial charge in [-0.15, -0.1) is 0 Å². The van der Waals surface area contributed by atoms with Gasteiger partial charge in [-0.05, 0) is 33.6 Å². The molecule has 1 rings (SSSR count). The first-order valence-corrected chi connectivity index (χ1v) is 5.34. The van der Waals surface area contributed by atoms with E-state index in [4.69, 9.17) is 9.47 Å². The maximum atomic E-state index is 5.51. The fourth-order valence-corrected chi connectivity index (χ4v) is 1.25. The van der Waals surface area contributed by atoms with Gasteiger partial charge in [0, 0.05) is 6.54 Å². The summed E-state index contributed by atoms with van der Waals surface area (Å²) in [4.78, 5) is 2.20. The Hall–Kier alpha value is -0.160. The van der Waals surface area contributed by atoms with Gasteiger partial charge in [-0.2, -0.15) is 0 Å². The van der Waals surface area contributed by atoms with Crippen molar-refractivity contribution in [1.82, 2.24) is 10.2 Å². The molecular formula is C10H22N2O2. The lowest BCUT2D eigenvalue weighted by atomic mass is 10.3. The Kier molecular flexibility index (Phi) is 6.10. The summed E-state index contributed by atoms with van der Waals surface area (Å²) < 4.78 is 10.5. The Labute approximate surface area is 86.6 Å². The van der Waals surface area contributed by atoms with E-state index in [-0.39, 0.29) is 0 Å². The molecule has 1 fully saturated rings. The smallest absolute Gasteiger partial charge is 0.104 e. The maximum Gasteiger partial charge on any atom is 0.104 e. The first-order chi connectivity index (χ1) is 6.79. The van der Waals surface area contributed by atoms with E-state index in [2.05, 4.69) is 24.3 Å². The monoisotopic (exact) mass is 202 g/mol. The summed E-state index contributed by atoms with van der Waals surface area (Å²) in [5.74, 6) is 0. The third kappa shape index (κ3) is 5.54. The number of ether oxygens (including phenoxy) is 2. The molecule has 0 aromatic carbocycles. The molecule has 1 saturated heterocycles. The lowest BCUT2D eigenvalue weighted by molar-refractivity contribution is -0.128. The quantitative estimate of drug-likeness (QED) is 0.559. The molecule has 0 saturated carbocycles.